The smallest absolute Gasteiger partial charge is 0.254 e. The fourth-order valence-corrected chi connectivity index (χ4v) is 3.00. The number of rotatable bonds is 3. The van der Waals surface area contributed by atoms with Gasteiger partial charge in [0, 0.05) is 18.0 Å². The minimum atomic E-state index is 0.0224. The summed E-state index contributed by atoms with van der Waals surface area (Å²) in [5, 5.41) is 5.78. The molecule has 4 nitrogen and oxygen atoms in total. The zero-order valence-electron chi connectivity index (χ0n) is 10.4. The molecular formula is C12H13IN2O2S. The van der Waals surface area contributed by atoms with Crippen LogP contribution in [0.5, 0.6) is 0 Å². The first kappa shape index (κ1) is 13.5. The first-order valence-corrected chi connectivity index (χ1v) is 7.36. The normalized spacial score (nSPS) is 10.7. The first-order chi connectivity index (χ1) is 8.49. The molecule has 0 saturated heterocycles. The molecule has 18 heavy (non-hydrogen) atoms. The van der Waals surface area contributed by atoms with Gasteiger partial charge in [0.25, 0.3) is 5.91 Å². The van der Waals surface area contributed by atoms with Gasteiger partial charge in [0.15, 0.2) is 0 Å². The monoisotopic (exact) mass is 376 g/mol. The predicted molar refractivity (Wildman–Crippen MR) is 78.8 cm³/mol. The molecule has 2 rings (SSSR count). The molecule has 0 aliphatic rings. The Bertz CT molecular complexity index is 557. The van der Waals surface area contributed by atoms with Crippen LogP contribution in [0.25, 0.3) is 0 Å². The van der Waals surface area contributed by atoms with Gasteiger partial charge in [-0.2, -0.15) is 0 Å². The van der Waals surface area contributed by atoms with E-state index in [-0.39, 0.29) is 5.91 Å². The number of nitrogens with zero attached hydrogens (tertiary/aromatic N) is 2. The van der Waals surface area contributed by atoms with E-state index in [1.165, 1.54) is 0 Å². The standard InChI is InChI=1S/C12H13IN2O2S/c1-7-10(8(2)17-14-7)5-15(3)12(16)9-4-11(13)18-6-9/h4,6H,5H2,1-3H3. The van der Waals surface area contributed by atoms with Gasteiger partial charge in [0.05, 0.1) is 20.7 Å². The summed E-state index contributed by atoms with van der Waals surface area (Å²) in [5.74, 6) is 0.793. The Morgan fingerprint density at radius 2 is 2.28 bits per heavy atom. The van der Waals surface area contributed by atoms with Gasteiger partial charge in [-0.3, -0.25) is 4.79 Å². The number of amides is 1. The third-order valence-electron chi connectivity index (χ3n) is 2.74. The van der Waals surface area contributed by atoms with E-state index in [1.807, 2.05) is 25.3 Å². The molecule has 0 bridgehead atoms. The van der Waals surface area contributed by atoms with E-state index < -0.39 is 0 Å². The van der Waals surface area contributed by atoms with Gasteiger partial charge in [0.1, 0.15) is 5.76 Å². The molecular weight excluding hydrogens is 363 g/mol. The number of carbonyl (C=O) groups excluding carboxylic acids is 1. The van der Waals surface area contributed by atoms with Crippen molar-refractivity contribution in [3.8, 4) is 0 Å². The summed E-state index contributed by atoms with van der Waals surface area (Å²) >= 11 is 3.79. The van der Waals surface area contributed by atoms with E-state index in [4.69, 9.17) is 4.52 Å². The highest BCUT2D eigenvalue weighted by molar-refractivity contribution is 14.1. The van der Waals surface area contributed by atoms with Crippen molar-refractivity contribution in [2.24, 2.45) is 0 Å². The average molecular weight is 376 g/mol. The minimum absolute atomic E-state index is 0.0224. The van der Waals surface area contributed by atoms with E-state index in [0.29, 0.717) is 6.54 Å². The van der Waals surface area contributed by atoms with Crippen molar-refractivity contribution in [2.75, 3.05) is 7.05 Å². The molecule has 0 radical (unpaired) electrons. The highest BCUT2D eigenvalue weighted by atomic mass is 127. The molecule has 0 spiro atoms. The molecule has 1 amide bonds. The van der Waals surface area contributed by atoms with Gasteiger partial charge in [-0.05, 0) is 42.5 Å². The average Bonchev–Trinajstić information content (AvgIpc) is 2.89. The second-order valence-corrected chi connectivity index (χ2v) is 6.91. The SMILES string of the molecule is Cc1noc(C)c1CN(C)C(=O)c1csc(I)c1. The molecule has 2 aromatic rings. The maximum absolute atomic E-state index is 12.2. The molecule has 0 aromatic carbocycles. The molecule has 0 aliphatic heterocycles. The Labute approximate surface area is 123 Å². The van der Waals surface area contributed by atoms with Crippen LogP contribution in [-0.4, -0.2) is 23.0 Å². The molecule has 0 atom stereocenters. The highest BCUT2D eigenvalue weighted by Crippen LogP contribution is 2.20. The van der Waals surface area contributed by atoms with Crippen LogP contribution in [0.15, 0.2) is 16.0 Å². The second kappa shape index (κ2) is 5.40. The number of hydrogen-bond donors (Lipinski definition) is 0. The number of carbonyl (C=O) groups is 1. The molecule has 0 saturated carbocycles. The zero-order chi connectivity index (χ0) is 13.3. The van der Waals surface area contributed by atoms with Gasteiger partial charge in [-0.25, -0.2) is 0 Å². The quantitative estimate of drug-likeness (QED) is 0.773. The van der Waals surface area contributed by atoms with Crippen molar-refractivity contribution in [3.05, 3.63) is 36.9 Å². The van der Waals surface area contributed by atoms with Crippen LogP contribution in [0.4, 0.5) is 0 Å². The highest BCUT2D eigenvalue weighted by Gasteiger charge is 2.17. The lowest BCUT2D eigenvalue weighted by Gasteiger charge is -2.16. The van der Waals surface area contributed by atoms with Crippen LogP contribution >= 0.6 is 33.9 Å². The lowest BCUT2D eigenvalue weighted by Crippen LogP contribution is -2.26. The number of thiophene rings is 1. The largest absolute Gasteiger partial charge is 0.361 e. The molecule has 0 aliphatic carbocycles. The minimum Gasteiger partial charge on any atom is -0.361 e. The van der Waals surface area contributed by atoms with Crippen LogP contribution < -0.4 is 0 Å². The van der Waals surface area contributed by atoms with Crippen LogP contribution in [0.3, 0.4) is 0 Å². The maximum atomic E-state index is 12.2. The molecule has 2 aromatic heterocycles. The lowest BCUT2D eigenvalue weighted by atomic mass is 10.2. The topological polar surface area (TPSA) is 46.3 Å². The number of hydrogen-bond acceptors (Lipinski definition) is 4. The fourth-order valence-electron chi connectivity index (χ4n) is 1.68. The Kier molecular flexibility index (Phi) is 4.06. The zero-order valence-corrected chi connectivity index (χ0v) is 13.3. The Hall–Kier alpha value is -0.890. The Morgan fingerprint density at radius 1 is 1.56 bits per heavy atom. The van der Waals surface area contributed by atoms with E-state index >= 15 is 0 Å². The van der Waals surface area contributed by atoms with E-state index in [1.54, 1.807) is 23.3 Å². The van der Waals surface area contributed by atoms with Crippen LogP contribution in [-0.2, 0) is 6.54 Å². The predicted octanol–water partition coefficient (Wildman–Crippen LogP) is 3.23. The summed E-state index contributed by atoms with van der Waals surface area (Å²) in [5.41, 5.74) is 2.56. The summed E-state index contributed by atoms with van der Waals surface area (Å²) < 4.78 is 6.21. The number of aromatic nitrogens is 1. The van der Waals surface area contributed by atoms with Crippen molar-refractivity contribution in [3.63, 3.8) is 0 Å². The number of aryl methyl sites for hydroxylation is 2. The first-order valence-electron chi connectivity index (χ1n) is 5.40. The Balaban J connectivity index is 2.13. The van der Waals surface area contributed by atoms with Gasteiger partial charge < -0.3 is 9.42 Å². The maximum Gasteiger partial charge on any atom is 0.254 e. The summed E-state index contributed by atoms with van der Waals surface area (Å²) in [4.78, 5) is 13.9. The summed E-state index contributed by atoms with van der Waals surface area (Å²) in [6.45, 7) is 4.27. The van der Waals surface area contributed by atoms with E-state index in [0.717, 1.165) is 25.5 Å². The van der Waals surface area contributed by atoms with E-state index in [9.17, 15) is 4.79 Å². The van der Waals surface area contributed by atoms with Crippen molar-refractivity contribution < 1.29 is 9.32 Å². The lowest BCUT2D eigenvalue weighted by molar-refractivity contribution is 0.0785. The summed E-state index contributed by atoms with van der Waals surface area (Å²) in [6.07, 6.45) is 0. The summed E-state index contributed by atoms with van der Waals surface area (Å²) in [6, 6.07) is 1.90. The van der Waals surface area contributed by atoms with Gasteiger partial charge in [-0.15, -0.1) is 11.3 Å². The van der Waals surface area contributed by atoms with Gasteiger partial charge >= 0.3 is 0 Å². The molecule has 96 valence electrons. The molecule has 6 heteroatoms. The number of halogens is 1. The van der Waals surface area contributed by atoms with Crippen LogP contribution in [0.1, 0.15) is 27.4 Å². The van der Waals surface area contributed by atoms with Crippen molar-refractivity contribution in [2.45, 2.75) is 20.4 Å². The van der Waals surface area contributed by atoms with Gasteiger partial charge in [-0.1, -0.05) is 5.16 Å². The summed E-state index contributed by atoms with van der Waals surface area (Å²) in [7, 11) is 1.79. The molecule has 2 heterocycles. The van der Waals surface area contributed by atoms with Crippen molar-refractivity contribution >= 4 is 39.8 Å². The van der Waals surface area contributed by atoms with Crippen molar-refractivity contribution in [1.29, 1.82) is 0 Å². The van der Waals surface area contributed by atoms with E-state index in [2.05, 4.69) is 27.7 Å². The fraction of sp³-hybridized carbons (Fsp3) is 0.333. The Morgan fingerprint density at radius 3 is 2.78 bits per heavy atom. The van der Waals surface area contributed by atoms with Crippen LogP contribution in [0.2, 0.25) is 0 Å². The van der Waals surface area contributed by atoms with Crippen LogP contribution in [0, 0.1) is 16.7 Å². The third kappa shape index (κ3) is 2.74. The molecule has 0 fully saturated rings. The molecule has 0 unspecified atom stereocenters. The molecule has 0 N–H and O–H groups in total. The third-order valence-corrected chi connectivity index (χ3v) is 4.53. The van der Waals surface area contributed by atoms with Gasteiger partial charge in [0.2, 0.25) is 0 Å². The second-order valence-electron chi connectivity index (χ2n) is 4.10. The van der Waals surface area contributed by atoms with Crippen molar-refractivity contribution in [1.82, 2.24) is 10.1 Å².